The van der Waals surface area contributed by atoms with E-state index in [4.69, 9.17) is 9.47 Å². The van der Waals surface area contributed by atoms with Crippen molar-refractivity contribution in [3.05, 3.63) is 41.6 Å². The van der Waals surface area contributed by atoms with Gasteiger partial charge in [0.15, 0.2) is 5.75 Å². The van der Waals surface area contributed by atoms with E-state index in [1.165, 1.54) is 17.2 Å². The van der Waals surface area contributed by atoms with Gasteiger partial charge in [0.05, 0.1) is 18.5 Å². The van der Waals surface area contributed by atoms with Crippen LogP contribution in [0.1, 0.15) is 22.8 Å². The van der Waals surface area contributed by atoms with Crippen LogP contribution in [0.25, 0.3) is 0 Å². The third-order valence-electron chi connectivity index (χ3n) is 3.37. The fourth-order valence-electron chi connectivity index (χ4n) is 2.33. The minimum Gasteiger partial charge on any atom is -0.465 e. The first kappa shape index (κ1) is 15.0. The van der Waals surface area contributed by atoms with Crippen LogP contribution in [0.2, 0.25) is 0 Å². The molecule has 0 radical (unpaired) electrons. The molecule has 1 aliphatic rings. The molecule has 3 rings (SSSR count). The molecule has 23 heavy (non-hydrogen) atoms. The van der Waals surface area contributed by atoms with Crippen LogP contribution in [0.4, 0.5) is 5.69 Å². The first-order valence-electron chi connectivity index (χ1n) is 7.18. The van der Waals surface area contributed by atoms with Crippen molar-refractivity contribution < 1.29 is 19.1 Å². The highest BCUT2D eigenvalue weighted by atomic mass is 16.5. The highest BCUT2D eigenvalue weighted by Gasteiger charge is 2.31. The van der Waals surface area contributed by atoms with Crippen LogP contribution in [0.5, 0.6) is 11.6 Å². The lowest BCUT2D eigenvalue weighted by Gasteiger charge is -2.21. The maximum atomic E-state index is 12.8. The van der Waals surface area contributed by atoms with Crippen molar-refractivity contribution in [3.8, 4) is 11.6 Å². The summed E-state index contributed by atoms with van der Waals surface area (Å²) in [4.78, 5) is 26.0. The molecule has 1 aliphatic heterocycles. The average molecular weight is 313 g/mol. The number of esters is 1. The summed E-state index contributed by atoms with van der Waals surface area (Å²) < 4.78 is 10.7. The van der Waals surface area contributed by atoms with E-state index in [9.17, 15) is 9.59 Å². The summed E-state index contributed by atoms with van der Waals surface area (Å²) in [7, 11) is 0. The molecule has 1 aromatic heterocycles. The van der Waals surface area contributed by atoms with Crippen molar-refractivity contribution in [2.24, 2.45) is 0 Å². The number of hydrogen-bond acceptors (Lipinski definition) is 6. The molecular weight excluding hydrogens is 298 g/mol. The number of ether oxygens (including phenoxy) is 2. The van der Waals surface area contributed by atoms with Crippen molar-refractivity contribution >= 4 is 17.6 Å². The van der Waals surface area contributed by atoms with Gasteiger partial charge in [0.2, 0.25) is 0 Å². The van der Waals surface area contributed by atoms with E-state index in [2.05, 4.69) is 10.2 Å². The molecule has 0 bridgehead atoms. The molecule has 2 heterocycles. The van der Waals surface area contributed by atoms with E-state index < -0.39 is 5.97 Å². The van der Waals surface area contributed by atoms with Crippen molar-refractivity contribution in [1.29, 1.82) is 0 Å². The van der Waals surface area contributed by atoms with Gasteiger partial charge < -0.3 is 9.47 Å². The number of benzene rings is 1. The SMILES string of the molecule is CCOC(=O)CN1C(=O)c2ccnnc2Oc2cc(C)ccc21. The zero-order chi connectivity index (χ0) is 16.4. The number of amides is 1. The summed E-state index contributed by atoms with van der Waals surface area (Å²) >= 11 is 0. The minimum atomic E-state index is -0.488. The molecule has 0 unspecified atom stereocenters. The van der Waals surface area contributed by atoms with Gasteiger partial charge in [-0.05, 0) is 37.6 Å². The van der Waals surface area contributed by atoms with Crippen molar-refractivity contribution in [1.82, 2.24) is 10.2 Å². The fourth-order valence-corrected chi connectivity index (χ4v) is 2.33. The molecule has 0 saturated heterocycles. The van der Waals surface area contributed by atoms with Crippen LogP contribution in [-0.2, 0) is 9.53 Å². The van der Waals surface area contributed by atoms with E-state index in [-0.39, 0.29) is 30.5 Å². The lowest BCUT2D eigenvalue weighted by Crippen LogP contribution is -2.36. The zero-order valence-corrected chi connectivity index (χ0v) is 12.8. The number of hydrogen-bond donors (Lipinski definition) is 0. The third kappa shape index (κ3) is 2.85. The van der Waals surface area contributed by atoms with Gasteiger partial charge >= 0.3 is 5.97 Å². The maximum absolute atomic E-state index is 12.8. The Balaban J connectivity index is 2.10. The Kier molecular flexibility index (Phi) is 3.92. The van der Waals surface area contributed by atoms with Crippen molar-refractivity contribution in [3.63, 3.8) is 0 Å². The Bertz CT molecular complexity index is 776. The molecular formula is C16H15N3O4. The Hall–Kier alpha value is -2.96. The van der Waals surface area contributed by atoms with Crippen LogP contribution in [-0.4, -0.2) is 35.2 Å². The predicted octanol–water partition coefficient (Wildman–Crippen LogP) is 2.10. The van der Waals surface area contributed by atoms with Gasteiger partial charge in [0.1, 0.15) is 12.1 Å². The van der Waals surface area contributed by atoms with Gasteiger partial charge in [-0.2, -0.15) is 5.10 Å². The van der Waals surface area contributed by atoms with E-state index in [1.54, 1.807) is 19.1 Å². The highest BCUT2D eigenvalue weighted by Crippen LogP contribution is 2.38. The quantitative estimate of drug-likeness (QED) is 0.807. The Morgan fingerprint density at radius 3 is 2.96 bits per heavy atom. The molecule has 0 spiro atoms. The number of anilines is 1. The van der Waals surface area contributed by atoms with Crippen LogP contribution >= 0.6 is 0 Å². The largest absolute Gasteiger partial charge is 0.465 e. The predicted molar refractivity (Wildman–Crippen MR) is 81.6 cm³/mol. The summed E-state index contributed by atoms with van der Waals surface area (Å²) in [5.41, 5.74) is 1.70. The summed E-state index contributed by atoms with van der Waals surface area (Å²) in [5, 5.41) is 7.62. The fraction of sp³-hybridized carbons (Fsp3) is 0.250. The highest BCUT2D eigenvalue weighted by molar-refractivity contribution is 6.11. The van der Waals surface area contributed by atoms with Gasteiger partial charge in [-0.15, -0.1) is 5.10 Å². The second-order valence-corrected chi connectivity index (χ2v) is 5.02. The molecule has 1 aromatic carbocycles. The van der Waals surface area contributed by atoms with E-state index in [0.717, 1.165) is 5.56 Å². The molecule has 2 aromatic rings. The number of aromatic nitrogens is 2. The van der Waals surface area contributed by atoms with Gasteiger partial charge in [-0.1, -0.05) is 6.07 Å². The van der Waals surface area contributed by atoms with E-state index in [1.807, 2.05) is 13.0 Å². The Morgan fingerprint density at radius 2 is 2.17 bits per heavy atom. The maximum Gasteiger partial charge on any atom is 0.326 e. The number of rotatable bonds is 3. The van der Waals surface area contributed by atoms with Crippen LogP contribution < -0.4 is 9.64 Å². The Labute approximate surface area is 132 Å². The Morgan fingerprint density at radius 1 is 1.35 bits per heavy atom. The molecule has 0 fully saturated rings. The monoisotopic (exact) mass is 313 g/mol. The van der Waals surface area contributed by atoms with Crippen molar-refractivity contribution in [2.75, 3.05) is 18.1 Å². The molecule has 1 amide bonds. The molecule has 7 nitrogen and oxygen atoms in total. The minimum absolute atomic E-state index is 0.121. The zero-order valence-electron chi connectivity index (χ0n) is 12.8. The smallest absolute Gasteiger partial charge is 0.326 e. The number of carbonyl (C=O) groups is 2. The number of carbonyl (C=O) groups excluding carboxylic acids is 2. The second kappa shape index (κ2) is 6.04. The lowest BCUT2D eigenvalue weighted by molar-refractivity contribution is -0.141. The van der Waals surface area contributed by atoms with Crippen molar-refractivity contribution in [2.45, 2.75) is 13.8 Å². The average Bonchev–Trinajstić information content (AvgIpc) is 2.63. The summed E-state index contributed by atoms with van der Waals surface area (Å²) in [6.07, 6.45) is 1.41. The van der Waals surface area contributed by atoms with Crippen LogP contribution in [0.3, 0.4) is 0 Å². The lowest BCUT2D eigenvalue weighted by atomic mass is 10.2. The third-order valence-corrected chi connectivity index (χ3v) is 3.37. The van der Waals surface area contributed by atoms with Gasteiger partial charge in [0, 0.05) is 0 Å². The topological polar surface area (TPSA) is 81.6 Å². The van der Waals surface area contributed by atoms with Crippen LogP contribution in [0.15, 0.2) is 30.5 Å². The number of aryl methyl sites for hydroxylation is 1. The molecule has 7 heteroatoms. The first-order chi connectivity index (χ1) is 11.1. The second-order valence-electron chi connectivity index (χ2n) is 5.02. The normalized spacial score (nSPS) is 12.8. The molecule has 0 aliphatic carbocycles. The standard InChI is InChI=1S/C16H15N3O4/c1-3-22-14(20)9-19-12-5-4-10(2)8-13(12)23-15-11(16(19)21)6-7-17-18-15/h4-8H,3,9H2,1-2H3. The molecule has 118 valence electrons. The number of nitrogens with zero attached hydrogens (tertiary/aromatic N) is 3. The molecule has 0 saturated carbocycles. The van der Waals surface area contributed by atoms with Crippen LogP contribution in [0, 0.1) is 6.92 Å². The first-order valence-corrected chi connectivity index (χ1v) is 7.18. The van der Waals surface area contributed by atoms with Gasteiger partial charge in [0.25, 0.3) is 11.8 Å². The van der Waals surface area contributed by atoms with Gasteiger partial charge in [-0.25, -0.2) is 0 Å². The van der Waals surface area contributed by atoms with E-state index in [0.29, 0.717) is 11.4 Å². The summed E-state index contributed by atoms with van der Waals surface area (Å²) in [6.45, 7) is 3.67. The van der Waals surface area contributed by atoms with E-state index >= 15 is 0 Å². The summed E-state index contributed by atoms with van der Waals surface area (Å²) in [6, 6.07) is 6.88. The van der Waals surface area contributed by atoms with Gasteiger partial charge in [-0.3, -0.25) is 14.5 Å². The summed E-state index contributed by atoms with van der Waals surface area (Å²) in [5.74, 6) is -0.305. The molecule has 0 N–H and O–H groups in total. The number of fused-ring (bicyclic) bond motifs is 2. The molecule has 0 atom stereocenters.